The van der Waals surface area contributed by atoms with Crippen LogP contribution in [-0.2, 0) is 31.5 Å². The van der Waals surface area contributed by atoms with Gasteiger partial charge in [-0.25, -0.2) is 0 Å². The van der Waals surface area contributed by atoms with Gasteiger partial charge in [-0.15, -0.1) is 11.6 Å². The van der Waals surface area contributed by atoms with Crippen LogP contribution in [0.1, 0.15) is 70.9 Å². The predicted octanol–water partition coefficient (Wildman–Crippen LogP) is 4.18. The number of aryl methyl sites for hydroxylation is 1. The van der Waals surface area contributed by atoms with Gasteiger partial charge in [0.1, 0.15) is 5.78 Å². The van der Waals surface area contributed by atoms with Crippen LogP contribution in [-0.4, -0.2) is 29.4 Å². The Kier molecular flexibility index (Phi) is 11.3. The van der Waals surface area contributed by atoms with Crippen LogP contribution in [0.25, 0.3) is 0 Å². The van der Waals surface area contributed by atoms with E-state index >= 15 is 0 Å². The Labute approximate surface area is 184 Å². The SMILES string of the molecule is CCc1cc(CCl)cc(NC(=O)C(C)CC(=O)C(C)NC(=O)CCCCC(C)=O)c1. The van der Waals surface area contributed by atoms with Gasteiger partial charge < -0.3 is 15.4 Å². The van der Waals surface area contributed by atoms with Crippen molar-refractivity contribution < 1.29 is 19.2 Å². The van der Waals surface area contributed by atoms with Crippen molar-refractivity contribution in [2.24, 2.45) is 5.92 Å². The number of rotatable bonds is 13. The molecule has 6 nitrogen and oxygen atoms in total. The molecule has 2 N–H and O–H groups in total. The molecule has 0 aliphatic rings. The number of anilines is 1. The number of ketones is 2. The third-order valence-electron chi connectivity index (χ3n) is 4.88. The summed E-state index contributed by atoms with van der Waals surface area (Å²) in [6, 6.07) is 5.07. The molecule has 0 aromatic heterocycles. The molecule has 0 saturated carbocycles. The number of Topliss-reactive ketones (excluding diaryl/α,β-unsaturated/α-hetero) is 2. The highest BCUT2D eigenvalue weighted by Gasteiger charge is 2.22. The summed E-state index contributed by atoms with van der Waals surface area (Å²) in [4.78, 5) is 47.8. The standard InChI is InChI=1S/C23H33ClN2O4/c1-5-18-11-19(14-24)13-20(12-18)26-23(30)15(2)10-21(28)17(4)25-22(29)9-7-6-8-16(3)27/h11-13,15,17H,5-10,14H2,1-4H3,(H,25,29)(H,26,30). The lowest BCUT2D eigenvalue weighted by atomic mass is 9.99. The van der Waals surface area contributed by atoms with E-state index in [9.17, 15) is 19.2 Å². The number of benzene rings is 1. The van der Waals surface area contributed by atoms with E-state index in [1.807, 2.05) is 25.1 Å². The van der Waals surface area contributed by atoms with Gasteiger partial charge in [-0.1, -0.05) is 19.9 Å². The Morgan fingerprint density at radius 1 is 1.00 bits per heavy atom. The van der Waals surface area contributed by atoms with Crippen molar-refractivity contribution in [3.63, 3.8) is 0 Å². The van der Waals surface area contributed by atoms with Gasteiger partial charge >= 0.3 is 0 Å². The van der Waals surface area contributed by atoms with Crippen molar-refractivity contribution in [2.75, 3.05) is 5.32 Å². The molecule has 0 aliphatic heterocycles. The van der Waals surface area contributed by atoms with E-state index in [2.05, 4.69) is 10.6 Å². The number of halogens is 1. The molecule has 2 amide bonds. The van der Waals surface area contributed by atoms with E-state index in [4.69, 9.17) is 11.6 Å². The number of unbranched alkanes of at least 4 members (excludes halogenated alkanes) is 1. The van der Waals surface area contributed by atoms with Gasteiger partial charge in [-0.3, -0.25) is 14.4 Å². The van der Waals surface area contributed by atoms with Gasteiger partial charge in [-0.2, -0.15) is 0 Å². The van der Waals surface area contributed by atoms with Gasteiger partial charge in [0.2, 0.25) is 11.8 Å². The van der Waals surface area contributed by atoms with Crippen molar-refractivity contribution in [1.29, 1.82) is 0 Å². The number of hydrogen-bond acceptors (Lipinski definition) is 4. The highest BCUT2D eigenvalue weighted by molar-refractivity contribution is 6.17. The second-order valence-corrected chi connectivity index (χ2v) is 8.05. The highest BCUT2D eigenvalue weighted by atomic mass is 35.5. The molecule has 30 heavy (non-hydrogen) atoms. The quantitative estimate of drug-likeness (QED) is 0.358. The van der Waals surface area contributed by atoms with E-state index in [-0.39, 0.29) is 36.2 Å². The molecule has 0 heterocycles. The Hall–Kier alpha value is -2.21. The van der Waals surface area contributed by atoms with Crippen molar-refractivity contribution >= 4 is 40.7 Å². The second kappa shape index (κ2) is 13.2. The average Bonchev–Trinajstić information content (AvgIpc) is 2.70. The number of hydrogen-bond donors (Lipinski definition) is 2. The van der Waals surface area contributed by atoms with Crippen LogP contribution in [0, 0.1) is 5.92 Å². The molecule has 0 spiro atoms. The summed E-state index contributed by atoms with van der Waals surface area (Å²) in [7, 11) is 0. The fraction of sp³-hybridized carbons (Fsp3) is 0.565. The lowest BCUT2D eigenvalue weighted by molar-refractivity contribution is -0.129. The van der Waals surface area contributed by atoms with Gasteiger partial charge in [0, 0.05) is 36.7 Å². The van der Waals surface area contributed by atoms with Gasteiger partial charge in [0.05, 0.1) is 6.04 Å². The van der Waals surface area contributed by atoms with Crippen LogP contribution in [0.15, 0.2) is 18.2 Å². The van der Waals surface area contributed by atoms with E-state index in [0.717, 1.165) is 17.5 Å². The smallest absolute Gasteiger partial charge is 0.227 e. The van der Waals surface area contributed by atoms with Gasteiger partial charge in [0.25, 0.3) is 0 Å². The minimum atomic E-state index is -0.660. The maximum Gasteiger partial charge on any atom is 0.227 e. The lowest BCUT2D eigenvalue weighted by Gasteiger charge is -2.17. The number of nitrogens with one attached hydrogen (secondary N) is 2. The molecule has 7 heteroatoms. The first-order valence-corrected chi connectivity index (χ1v) is 11.0. The summed E-state index contributed by atoms with van der Waals surface area (Å²) in [5.41, 5.74) is 2.67. The van der Waals surface area contributed by atoms with Gasteiger partial charge in [-0.05, 0) is 56.4 Å². The third kappa shape index (κ3) is 9.53. The molecule has 1 aromatic carbocycles. The van der Waals surface area contributed by atoms with Crippen molar-refractivity contribution in [3.05, 3.63) is 29.3 Å². The number of carbonyl (C=O) groups is 4. The summed E-state index contributed by atoms with van der Waals surface area (Å²) in [5, 5.41) is 5.53. The first-order valence-electron chi connectivity index (χ1n) is 10.5. The number of alkyl halides is 1. The van der Waals surface area contributed by atoms with Crippen LogP contribution in [0.4, 0.5) is 5.69 Å². The van der Waals surface area contributed by atoms with Gasteiger partial charge in [0.15, 0.2) is 5.78 Å². The van der Waals surface area contributed by atoms with Crippen molar-refractivity contribution in [2.45, 2.75) is 78.1 Å². The molecule has 0 fully saturated rings. The molecule has 2 atom stereocenters. The minimum Gasteiger partial charge on any atom is -0.347 e. The molecular formula is C23H33ClN2O4. The van der Waals surface area contributed by atoms with Crippen LogP contribution >= 0.6 is 11.6 Å². The summed E-state index contributed by atoms with van der Waals surface area (Å²) in [6.45, 7) is 6.86. The summed E-state index contributed by atoms with van der Waals surface area (Å²) in [5.74, 6) is -0.736. The molecule has 0 bridgehead atoms. The Morgan fingerprint density at radius 3 is 2.23 bits per heavy atom. The summed E-state index contributed by atoms with van der Waals surface area (Å²) < 4.78 is 0. The minimum absolute atomic E-state index is 0.0352. The van der Waals surface area contributed by atoms with Crippen LogP contribution < -0.4 is 10.6 Å². The second-order valence-electron chi connectivity index (χ2n) is 7.78. The number of carbonyl (C=O) groups excluding carboxylic acids is 4. The fourth-order valence-corrected chi connectivity index (χ4v) is 3.16. The normalized spacial score (nSPS) is 12.7. The topological polar surface area (TPSA) is 92.3 Å². The zero-order valence-electron chi connectivity index (χ0n) is 18.3. The molecule has 1 aromatic rings. The predicted molar refractivity (Wildman–Crippen MR) is 120 cm³/mol. The summed E-state index contributed by atoms with van der Waals surface area (Å²) in [6.07, 6.45) is 2.86. The van der Waals surface area contributed by atoms with Crippen molar-refractivity contribution in [1.82, 2.24) is 5.32 Å². The largest absolute Gasteiger partial charge is 0.347 e. The van der Waals surface area contributed by atoms with Crippen molar-refractivity contribution in [3.8, 4) is 0 Å². The first-order chi connectivity index (χ1) is 14.2. The average molecular weight is 437 g/mol. The molecule has 166 valence electrons. The molecular weight excluding hydrogens is 404 g/mol. The van der Waals surface area contributed by atoms with E-state index in [1.54, 1.807) is 13.8 Å². The lowest BCUT2D eigenvalue weighted by Crippen LogP contribution is -2.39. The Bertz CT molecular complexity index is 741. The monoisotopic (exact) mass is 436 g/mol. The molecule has 2 unspecified atom stereocenters. The molecule has 0 saturated heterocycles. The molecule has 1 rings (SSSR count). The van der Waals surface area contributed by atoms with Crippen LogP contribution in [0.3, 0.4) is 0 Å². The first kappa shape index (κ1) is 25.8. The van der Waals surface area contributed by atoms with Crippen LogP contribution in [0.5, 0.6) is 0 Å². The highest BCUT2D eigenvalue weighted by Crippen LogP contribution is 2.19. The maximum atomic E-state index is 12.5. The maximum absolute atomic E-state index is 12.5. The summed E-state index contributed by atoms with van der Waals surface area (Å²) >= 11 is 5.92. The Morgan fingerprint density at radius 2 is 1.63 bits per heavy atom. The zero-order chi connectivity index (χ0) is 22.7. The van der Waals surface area contributed by atoms with Crippen LogP contribution in [0.2, 0.25) is 0 Å². The number of amides is 2. The van der Waals surface area contributed by atoms with E-state index in [0.29, 0.717) is 30.8 Å². The van der Waals surface area contributed by atoms with E-state index in [1.165, 1.54) is 6.92 Å². The molecule has 0 aliphatic carbocycles. The molecule has 0 radical (unpaired) electrons. The third-order valence-corrected chi connectivity index (χ3v) is 5.19. The van der Waals surface area contributed by atoms with E-state index < -0.39 is 12.0 Å². The fourth-order valence-electron chi connectivity index (χ4n) is 3.01. The Balaban J connectivity index is 2.51. The zero-order valence-corrected chi connectivity index (χ0v) is 19.1.